The summed E-state index contributed by atoms with van der Waals surface area (Å²) in [6.07, 6.45) is 3.34. The molecule has 1 aromatic carbocycles. The molecule has 28 heavy (non-hydrogen) atoms. The number of fused-ring (bicyclic) bond motifs is 1. The van der Waals surface area contributed by atoms with Crippen LogP contribution in [0.3, 0.4) is 0 Å². The first-order valence-electron chi connectivity index (χ1n) is 9.42. The van der Waals surface area contributed by atoms with Crippen molar-refractivity contribution >= 4 is 11.8 Å². The fourth-order valence-electron chi connectivity index (χ4n) is 4.19. The molecule has 6 nitrogen and oxygen atoms in total. The molecule has 2 saturated heterocycles. The number of likely N-dealkylation sites (tertiary alicyclic amines) is 2. The summed E-state index contributed by atoms with van der Waals surface area (Å²) in [5, 5.41) is 0. The van der Waals surface area contributed by atoms with Crippen LogP contribution in [-0.4, -0.2) is 58.9 Å². The molecule has 2 fully saturated rings. The smallest absolute Gasteiger partial charge is 0.254 e. The van der Waals surface area contributed by atoms with Crippen LogP contribution in [0.1, 0.15) is 28.8 Å². The molecule has 2 aromatic rings. The van der Waals surface area contributed by atoms with Gasteiger partial charge in [-0.1, -0.05) is 12.1 Å². The highest BCUT2D eigenvalue weighted by Crippen LogP contribution is 2.33. The lowest BCUT2D eigenvalue weighted by Gasteiger charge is -2.25. The van der Waals surface area contributed by atoms with E-state index in [-0.39, 0.29) is 29.7 Å². The second-order valence-electron chi connectivity index (χ2n) is 7.18. The first-order chi connectivity index (χ1) is 13.6. The predicted molar refractivity (Wildman–Crippen MR) is 100 cm³/mol. The Morgan fingerprint density at radius 2 is 2.04 bits per heavy atom. The minimum Gasteiger partial charge on any atom is -0.481 e. The van der Waals surface area contributed by atoms with E-state index in [1.807, 2.05) is 4.90 Å². The second kappa shape index (κ2) is 7.58. The van der Waals surface area contributed by atoms with E-state index in [9.17, 15) is 14.0 Å². The number of carbonyl (C=O) groups excluding carboxylic acids is 2. The SMILES string of the molecule is COc1cc(C(=O)N2CC[C@H]3[C@@H]2CC(=O)N3CCc2ccc(F)cc2)ccn1. The van der Waals surface area contributed by atoms with Gasteiger partial charge in [0.2, 0.25) is 11.8 Å². The van der Waals surface area contributed by atoms with E-state index in [0.29, 0.717) is 37.4 Å². The topological polar surface area (TPSA) is 62.7 Å². The number of ether oxygens (including phenoxy) is 1. The molecule has 146 valence electrons. The van der Waals surface area contributed by atoms with E-state index in [0.717, 1.165) is 12.0 Å². The highest BCUT2D eigenvalue weighted by Gasteiger charge is 2.48. The molecule has 0 bridgehead atoms. The van der Waals surface area contributed by atoms with Crippen molar-refractivity contribution < 1.29 is 18.7 Å². The third-order valence-corrected chi connectivity index (χ3v) is 5.62. The minimum atomic E-state index is -0.265. The van der Waals surface area contributed by atoms with E-state index in [1.165, 1.54) is 19.2 Å². The van der Waals surface area contributed by atoms with E-state index in [1.54, 1.807) is 35.4 Å². The van der Waals surface area contributed by atoms with Crippen molar-refractivity contribution in [2.45, 2.75) is 31.3 Å². The van der Waals surface area contributed by atoms with Gasteiger partial charge in [0.1, 0.15) is 5.82 Å². The number of benzene rings is 1. The molecule has 0 spiro atoms. The van der Waals surface area contributed by atoms with Crippen molar-refractivity contribution in [1.82, 2.24) is 14.8 Å². The van der Waals surface area contributed by atoms with Crippen molar-refractivity contribution in [3.63, 3.8) is 0 Å². The van der Waals surface area contributed by atoms with Crippen LogP contribution >= 0.6 is 0 Å². The molecule has 0 N–H and O–H groups in total. The van der Waals surface area contributed by atoms with Crippen LogP contribution in [0.4, 0.5) is 4.39 Å². The Hall–Kier alpha value is -2.96. The molecular formula is C21H22FN3O3. The molecule has 0 aliphatic carbocycles. The van der Waals surface area contributed by atoms with Crippen LogP contribution in [-0.2, 0) is 11.2 Å². The summed E-state index contributed by atoms with van der Waals surface area (Å²) in [5.41, 5.74) is 1.51. The third kappa shape index (κ3) is 3.44. The summed E-state index contributed by atoms with van der Waals surface area (Å²) in [6.45, 7) is 1.20. The Balaban J connectivity index is 1.44. The standard InChI is InChI=1S/C21H22FN3O3/c1-28-19-12-15(6-9-23-19)21(27)25-11-8-17-18(25)13-20(26)24(17)10-7-14-2-4-16(22)5-3-14/h2-6,9,12,17-18H,7-8,10-11,13H2,1H3/t17-,18-/m0/s1. The highest BCUT2D eigenvalue weighted by molar-refractivity contribution is 5.95. The number of halogens is 1. The van der Waals surface area contributed by atoms with Crippen LogP contribution in [0.5, 0.6) is 5.88 Å². The Morgan fingerprint density at radius 1 is 1.25 bits per heavy atom. The van der Waals surface area contributed by atoms with Crippen LogP contribution in [0.15, 0.2) is 42.6 Å². The van der Waals surface area contributed by atoms with Crippen LogP contribution in [0.25, 0.3) is 0 Å². The Bertz CT molecular complexity index is 887. The lowest BCUT2D eigenvalue weighted by molar-refractivity contribution is -0.129. The molecule has 2 amide bonds. The molecule has 0 radical (unpaired) electrons. The predicted octanol–water partition coefficient (Wildman–Crippen LogP) is 2.29. The number of carbonyl (C=O) groups is 2. The van der Waals surface area contributed by atoms with Gasteiger partial charge in [0.15, 0.2) is 0 Å². The Labute approximate surface area is 162 Å². The maximum atomic E-state index is 13.1. The zero-order chi connectivity index (χ0) is 19.7. The lowest BCUT2D eigenvalue weighted by atomic mass is 10.1. The first kappa shape index (κ1) is 18.4. The van der Waals surface area contributed by atoms with Crippen molar-refractivity contribution in [2.24, 2.45) is 0 Å². The monoisotopic (exact) mass is 383 g/mol. The molecule has 7 heteroatoms. The molecule has 3 heterocycles. The van der Waals surface area contributed by atoms with Gasteiger partial charge in [0.25, 0.3) is 5.91 Å². The van der Waals surface area contributed by atoms with Crippen LogP contribution < -0.4 is 4.74 Å². The van der Waals surface area contributed by atoms with Gasteiger partial charge < -0.3 is 14.5 Å². The third-order valence-electron chi connectivity index (χ3n) is 5.62. The van der Waals surface area contributed by atoms with Gasteiger partial charge in [-0.15, -0.1) is 0 Å². The maximum Gasteiger partial charge on any atom is 0.254 e. The van der Waals surface area contributed by atoms with E-state index in [2.05, 4.69) is 4.98 Å². The average molecular weight is 383 g/mol. The second-order valence-corrected chi connectivity index (χ2v) is 7.18. The number of rotatable bonds is 5. The largest absolute Gasteiger partial charge is 0.481 e. The number of aromatic nitrogens is 1. The van der Waals surface area contributed by atoms with Gasteiger partial charge in [0.05, 0.1) is 19.2 Å². The molecular weight excluding hydrogens is 361 g/mol. The molecule has 0 saturated carbocycles. The normalized spacial score (nSPS) is 21.1. The van der Waals surface area contributed by atoms with Gasteiger partial charge in [-0.25, -0.2) is 9.37 Å². The fraction of sp³-hybridized carbons (Fsp3) is 0.381. The summed E-state index contributed by atoms with van der Waals surface area (Å²) in [5.74, 6) is 0.104. The van der Waals surface area contributed by atoms with E-state index >= 15 is 0 Å². The zero-order valence-electron chi connectivity index (χ0n) is 15.7. The maximum absolute atomic E-state index is 13.1. The molecule has 2 aliphatic rings. The summed E-state index contributed by atoms with van der Waals surface area (Å²) >= 11 is 0. The van der Waals surface area contributed by atoms with E-state index < -0.39 is 0 Å². The molecule has 2 aliphatic heterocycles. The summed E-state index contributed by atoms with van der Waals surface area (Å²) in [7, 11) is 1.51. The van der Waals surface area contributed by atoms with Crippen LogP contribution in [0, 0.1) is 5.82 Å². The van der Waals surface area contributed by atoms with Gasteiger partial charge in [-0.05, 0) is 36.6 Å². The van der Waals surface area contributed by atoms with Crippen molar-refractivity contribution in [1.29, 1.82) is 0 Å². The number of hydrogen-bond acceptors (Lipinski definition) is 4. The molecule has 0 unspecified atom stereocenters. The summed E-state index contributed by atoms with van der Waals surface area (Å²) in [4.78, 5) is 33.2. The van der Waals surface area contributed by atoms with Gasteiger partial charge in [-0.3, -0.25) is 9.59 Å². The van der Waals surface area contributed by atoms with E-state index in [4.69, 9.17) is 4.74 Å². The molecule has 2 atom stereocenters. The average Bonchev–Trinajstić information content (AvgIpc) is 3.25. The van der Waals surface area contributed by atoms with Gasteiger partial charge >= 0.3 is 0 Å². The Kier molecular flexibility index (Phi) is 4.98. The number of amides is 2. The number of hydrogen-bond donors (Lipinski definition) is 0. The fourth-order valence-corrected chi connectivity index (χ4v) is 4.19. The minimum absolute atomic E-state index is 0.0423. The van der Waals surface area contributed by atoms with Gasteiger partial charge in [0, 0.05) is 37.3 Å². The van der Waals surface area contributed by atoms with Crippen LogP contribution in [0.2, 0.25) is 0 Å². The molecule has 4 rings (SSSR count). The molecule has 1 aromatic heterocycles. The summed E-state index contributed by atoms with van der Waals surface area (Å²) < 4.78 is 18.2. The van der Waals surface area contributed by atoms with Crippen molar-refractivity contribution in [3.05, 3.63) is 59.5 Å². The van der Waals surface area contributed by atoms with Gasteiger partial charge in [-0.2, -0.15) is 0 Å². The number of methoxy groups -OCH3 is 1. The first-order valence-corrected chi connectivity index (χ1v) is 9.42. The quantitative estimate of drug-likeness (QED) is 0.795. The summed E-state index contributed by atoms with van der Waals surface area (Å²) in [6, 6.07) is 9.59. The number of pyridine rings is 1. The Morgan fingerprint density at radius 3 is 2.79 bits per heavy atom. The highest BCUT2D eigenvalue weighted by atomic mass is 19.1. The lowest BCUT2D eigenvalue weighted by Crippen LogP contribution is -2.40. The van der Waals surface area contributed by atoms with Crippen molar-refractivity contribution in [3.8, 4) is 5.88 Å². The number of nitrogens with zero attached hydrogens (tertiary/aromatic N) is 3. The van der Waals surface area contributed by atoms with Crippen molar-refractivity contribution in [2.75, 3.05) is 20.2 Å². The zero-order valence-corrected chi connectivity index (χ0v) is 15.7.